The second-order valence-corrected chi connectivity index (χ2v) is 12.1. The number of phenolic OH excluding ortho intramolecular Hbond substituents is 1. The molecule has 2 atom stereocenters. The SMILES string of the molecule is CCC(C)(CCO)Oc1ccc(C(=O)Nc2cc3cc(C(=O)N4CC(CCl)c5c4cc(O)c4cccc(C)c54)[nH]c3cn2)cc1. The molecule has 0 saturated carbocycles. The van der Waals surface area contributed by atoms with Gasteiger partial charge in [0.25, 0.3) is 11.8 Å². The maximum absolute atomic E-state index is 13.8. The van der Waals surface area contributed by atoms with Gasteiger partial charge in [0, 0.05) is 53.8 Å². The van der Waals surface area contributed by atoms with Crippen molar-refractivity contribution in [2.24, 2.45) is 0 Å². The largest absolute Gasteiger partial charge is 0.507 e. The minimum absolute atomic E-state index is 0.0291. The molecule has 2 unspecified atom stereocenters. The van der Waals surface area contributed by atoms with Crippen LogP contribution in [0.1, 0.15) is 64.6 Å². The van der Waals surface area contributed by atoms with Gasteiger partial charge >= 0.3 is 0 Å². The molecule has 1 aliphatic heterocycles. The van der Waals surface area contributed by atoms with Crippen molar-refractivity contribution >= 4 is 56.6 Å². The molecule has 232 valence electrons. The fourth-order valence-electron chi connectivity index (χ4n) is 6.06. The fourth-order valence-corrected chi connectivity index (χ4v) is 6.31. The van der Waals surface area contributed by atoms with Crippen LogP contribution in [-0.4, -0.2) is 56.6 Å². The number of alkyl halides is 1. The molecule has 2 amide bonds. The number of aliphatic hydroxyl groups is 1. The Labute approximate surface area is 265 Å². The lowest BCUT2D eigenvalue weighted by Gasteiger charge is -2.29. The van der Waals surface area contributed by atoms with Gasteiger partial charge < -0.3 is 30.2 Å². The molecule has 0 saturated heterocycles. The predicted molar refractivity (Wildman–Crippen MR) is 177 cm³/mol. The normalized spacial score (nSPS) is 15.7. The number of nitrogens with one attached hydrogen (secondary N) is 2. The number of halogens is 1. The van der Waals surface area contributed by atoms with Crippen molar-refractivity contribution < 1.29 is 24.5 Å². The number of aliphatic hydroxyl groups excluding tert-OH is 1. The van der Waals surface area contributed by atoms with Crippen LogP contribution in [-0.2, 0) is 0 Å². The summed E-state index contributed by atoms with van der Waals surface area (Å²) >= 11 is 6.40. The molecular formula is C35H35ClN4O5. The standard InChI is InChI=1S/C35H35ClN4O5/c1-4-35(3,12-13-41)45-24-10-8-21(9-11-24)33(43)39-30-15-22-14-26(38-27(22)18-37-30)34(44)40-19-23(17-36)32-28(40)16-29(42)25-7-5-6-20(2)31(25)32/h5-11,14-16,18,23,38,41-42H,4,12-13,17,19H2,1-3H3,(H,37,39,43). The van der Waals surface area contributed by atoms with E-state index in [9.17, 15) is 19.8 Å². The Morgan fingerprint density at radius 3 is 2.67 bits per heavy atom. The van der Waals surface area contributed by atoms with Crippen LogP contribution in [0.5, 0.6) is 11.5 Å². The molecule has 0 radical (unpaired) electrons. The highest BCUT2D eigenvalue weighted by atomic mass is 35.5. The number of carbonyl (C=O) groups excluding carboxylic acids is 2. The van der Waals surface area contributed by atoms with Gasteiger partial charge in [-0.15, -0.1) is 11.6 Å². The van der Waals surface area contributed by atoms with E-state index in [0.717, 1.165) is 28.3 Å². The van der Waals surface area contributed by atoms with Gasteiger partial charge in [-0.05, 0) is 73.2 Å². The van der Waals surface area contributed by atoms with E-state index in [1.165, 1.54) is 0 Å². The number of nitrogens with zero attached hydrogens (tertiary/aromatic N) is 2. The number of aromatic nitrogens is 2. The summed E-state index contributed by atoms with van der Waals surface area (Å²) in [6, 6.07) is 17.7. The molecule has 6 rings (SSSR count). The van der Waals surface area contributed by atoms with Crippen LogP contribution in [0.15, 0.2) is 66.9 Å². The summed E-state index contributed by atoms with van der Waals surface area (Å²) in [5.74, 6) is 0.737. The monoisotopic (exact) mass is 626 g/mol. The third-order valence-electron chi connectivity index (χ3n) is 8.75. The third kappa shape index (κ3) is 5.69. The van der Waals surface area contributed by atoms with Gasteiger partial charge in [0.1, 0.15) is 28.6 Å². The van der Waals surface area contributed by atoms with Gasteiger partial charge in [-0.3, -0.25) is 9.59 Å². The highest BCUT2D eigenvalue weighted by molar-refractivity contribution is 6.19. The van der Waals surface area contributed by atoms with E-state index in [4.69, 9.17) is 16.3 Å². The topological polar surface area (TPSA) is 128 Å². The lowest BCUT2D eigenvalue weighted by molar-refractivity contribution is 0.0550. The Bertz CT molecular complexity index is 1920. The zero-order valence-corrected chi connectivity index (χ0v) is 26.1. The van der Waals surface area contributed by atoms with E-state index in [2.05, 4.69) is 15.3 Å². The molecule has 9 nitrogen and oxygen atoms in total. The Morgan fingerprint density at radius 1 is 1.18 bits per heavy atom. The van der Waals surface area contributed by atoms with Crippen LogP contribution in [0, 0.1) is 6.92 Å². The third-order valence-corrected chi connectivity index (χ3v) is 9.12. The number of aryl methyl sites for hydroxylation is 1. The summed E-state index contributed by atoms with van der Waals surface area (Å²) in [6.07, 6.45) is 2.82. The molecule has 3 aromatic carbocycles. The van der Waals surface area contributed by atoms with Crippen molar-refractivity contribution in [3.8, 4) is 11.5 Å². The maximum atomic E-state index is 13.8. The molecule has 0 spiro atoms. The quantitative estimate of drug-likeness (QED) is 0.132. The van der Waals surface area contributed by atoms with E-state index in [-0.39, 0.29) is 30.1 Å². The first-order valence-corrected chi connectivity index (χ1v) is 15.5. The molecule has 5 aromatic rings. The first kappa shape index (κ1) is 30.4. The minimum Gasteiger partial charge on any atom is -0.507 e. The molecule has 10 heteroatoms. The number of hydrogen-bond donors (Lipinski definition) is 4. The molecule has 1 aliphatic rings. The van der Waals surface area contributed by atoms with E-state index in [1.54, 1.807) is 53.6 Å². The van der Waals surface area contributed by atoms with Crippen molar-refractivity contribution in [2.45, 2.75) is 45.1 Å². The summed E-state index contributed by atoms with van der Waals surface area (Å²) in [6.45, 7) is 6.36. The molecule has 4 N–H and O–H groups in total. The van der Waals surface area contributed by atoms with Gasteiger partial charge in [-0.1, -0.05) is 25.1 Å². The van der Waals surface area contributed by atoms with Gasteiger partial charge in [0.2, 0.25) is 0 Å². The summed E-state index contributed by atoms with van der Waals surface area (Å²) in [4.78, 5) is 36.0. The molecule has 2 aromatic heterocycles. The Kier molecular flexibility index (Phi) is 8.16. The van der Waals surface area contributed by atoms with E-state index in [1.807, 2.05) is 39.0 Å². The average molecular weight is 627 g/mol. The highest BCUT2D eigenvalue weighted by Gasteiger charge is 2.36. The molecule has 3 heterocycles. The second kappa shape index (κ2) is 12.1. The molecular weight excluding hydrogens is 592 g/mol. The number of phenols is 1. The summed E-state index contributed by atoms with van der Waals surface area (Å²) in [5.41, 5.74) is 3.57. The number of ether oxygens (including phenoxy) is 1. The zero-order chi connectivity index (χ0) is 31.9. The maximum Gasteiger partial charge on any atom is 0.274 e. The van der Waals surface area contributed by atoms with Gasteiger partial charge in [0.05, 0.1) is 17.4 Å². The van der Waals surface area contributed by atoms with E-state index in [0.29, 0.717) is 58.3 Å². The zero-order valence-electron chi connectivity index (χ0n) is 25.4. The van der Waals surface area contributed by atoms with Gasteiger partial charge in [0.15, 0.2) is 0 Å². The van der Waals surface area contributed by atoms with Crippen LogP contribution in [0.25, 0.3) is 21.7 Å². The van der Waals surface area contributed by atoms with Crippen molar-refractivity contribution in [3.63, 3.8) is 0 Å². The van der Waals surface area contributed by atoms with Crippen LogP contribution >= 0.6 is 11.6 Å². The van der Waals surface area contributed by atoms with Crippen LogP contribution in [0.2, 0.25) is 0 Å². The summed E-state index contributed by atoms with van der Waals surface area (Å²) in [7, 11) is 0. The number of carbonyl (C=O) groups is 2. The van der Waals surface area contributed by atoms with Crippen LogP contribution in [0.4, 0.5) is 11.5 Å². The number of amides is 2. The van der Waals surface area contributed by atoms with Crippen molar-refractivity contribution in [2.75, 3.05) is 29.2 Å². The number of benzene rings is 3. The minimum atomic E-state index is -0.492. The number of aromatic amines is 1. The lowest BCUT2D eigenvalue weighted by Crippen LogP contribution is -2.32. The van der Waals surface area contributed by atoms with Gasteiger partial charge in [-0.25, -0.2) is 4.98 Å². The number of aromatic hydroxyl groups is 1. The average Bonchev–Trinajstić information content (AvgIpc) is 3.62. The van der Waals surface area contributed by atoms with Crippen LogP contribution in [0.3, 0.4) is 0 Å². The van der Waals surface area contributed by atoms with Crippen molar-refractivity contribution in [1.82, 2.24) is 9.97 Å². The van der Waals surface area contributed by atoms with E-state index < -0.39 is 5.60 Å². The summed E-state index contributed by atoms with van der Waals surface area (Å²) in [5, 5.41) is 25.4. The number of H-pyrrole nitrogens is 1. The molecule has 45 heavy (non-hydrogen) atoms. The molecule has 0 fully saturated rings. The highest BCUT2D eigenvalue weighted by Crippen LogP contribution is 2.46. The molecule has 0 aliphatic carbocycles. The Hall–Kier alpha value is -4.60. The summed E-state index contributed by atoms with van der Waals surface area (Å²) < 4.78 is 6.06. The lowest BCUT2D eigenvalue weighted by atomic mass is 9.92. The number of hydrogen-bond acceptors (Lipinski definition) is 6. The molecule has 0 bridgehead atoms. The second-order valence-electron chi connectivity index (χ2n) is 11.8. The predicted octanol–water partition coefficient (Wildman–Crippen LogP) is 6.90. The van der Waals surface area contributed by atoms with Crippen LogP contribution < -0.4 is 15.0 Å². The van der Waals surface area contributed by atoms with Crippen molar-refractivity contribution in [1.29, 1.82) is 0 Å². The first-order chi connectivity index (χ1) is 21.6. The number of rotatable bonds is 9. The Balaban J connectivity index is 1.21. The first-order valence-electron chi connectivity index (χ1n) is 15.0. The number of pyridine rings is 1. The number of anilines is 2. The van der Waals surface area contributed by atoms with Gasteiger partial charge in [-0.2, -0.15) is 0 Å². The fraction of sp³-hybridized carbons (Fsp3) is 0.286. The smallest absolute Gasteiger partial charge is 0.274 e. The van der Waals surface area contributed by atoms with E-state index >= 15 is 0 Å². The Morgan fingerprint density at radius 2 is 1.96 bits per heavy atom. The van der Waals surface area contributed by atoms with Crippen molar-refractivity contribution in [3.05, 3.63) is 89.2 Å². The number of fused-ring (bicyclic) bond motifs is 4.